The summed E-state index contributed by atoms with van der Waals surface area (Å²) in [6.07, 6.45) is 3.76. The molecule has 0 spiro atoms. The van der Waals surface area contributed by atoms with E-state index in [1.54, 1.807) is 10.4 Å². The summed E-state index contributed by atoms with van der Waals surface area (Å²) in [7, 11) is -3.47. The standard InChI is InChI=1S/C13H19NO3S/c1-2-11-6-3-4-9-14(11)18(16,17)13-8-5-7-12(15)10-13/h5,7-8,10-11,15H,2-4,6,9H2,1H3. The fourth-order valence-corrected chi connectivity index (χ4v) is 4.29. The number of phenolic OH excluding ortho intramolecular Hbond substituents is 1. The monoisotopic (exact) mass is 269 g/mol. The molecule has 1 heterocycles. The van der Waals surface area contributed by atoms with Gasteiger partial charge in [0.25, 0.3) is 0 Å². The van der Waals surface area contributed by atoms with E-state index in [1.165, 1.54) is 18.2 Å². The Hall–Kier alpha value is -1.07. The zero-order chi connectivity index (χ0) is 13.2. The van der Waals surface area contributed by atoms with Crippen LogP contribution >= 0.6 is 0 Å². The van der Waals surface area contributed by atoms with E-state index in [2.05, 4.69) is 0 Å². The van der Waals surface area contributed by atoms with Gasteiger partial charge in [0.1, 0.15) is 5.75 Å². The number of piperidine rings is 1. The van der Waals surface area contributed by atoms with Crippen molar-refractivity contribution in [3.05, 3.63) is 24.3 Å². The topological polar surface area (TPSA) is 57.6 Å². The van der Waals surface area contributed by atoms with Gasteiger partial charge in [-0.15, -0.1) is 0 Å². The Kier molecular flexibility index (Phi) is 3.92. The zero-order valence-corrected chi connectivity index (χ0v) is 11.4. The molecule has 100 valence electrons. The van der Waals surface area contributed by atoms with Gasteiger partial charge < -0.3 is 5.11 Å². The van der Waals surface area contributed by atoms with E-state index in [1.807, 2.05) is 6.92 Å². The van der Waals surface area contributed by atoms with Crippen molar-refractivity contribution in [3.63, 3.8) is 0 Å². The third kappa shape index (κ3) is 2.52. The Morgan fingerprint density at radius 3 is 2.83 bits per heavy atom. The zero-order valence-electron chi connectivity index (χ0n) is 10.5. The van der Waals surface area contributed by atoms with Gasteiger partial charge in [-0.25, -0.2) is 8.42 Å². The fourth-order valence-electron chi connectivity index (χ4n) is 2.48. The lowest BCUT2D eigenvalue weighted by Gasteiger charge is -2.34. The van der Waals surface area contributed by atoms with Crippen molar-refractivity contribution in [2.24, 2.45) is 0 Å². The second kappa shape index (κ2) is 5.28. The van der Waals surface area contributed by atoms with E-state index < -0.39 is 10.0 Å². The first kappa shape index (κ1) is 13.4. The maximum absolute atomic E-state index is 12.5. The molecule has 0 bridgehead atoms. The predicted molar refractivity (Wildman–Crippen MR) is 69.9 cm³/mol. The van der Waals surface area contributed by atoms with Gasteiger partial charge in [-0.2, -0.15) is 4.31 Å². The SMILES string of the molecule is CCC1CCCCN1S(=O)(=O)c1cccc(O)c1. The summed E-state index contributed by atoms with van der Waals surface area (Å²) in [5.41, 5.74) is 0. The minimum Gasteiger partial charge on any atom is -0.508 e. The van der Waals surface area contributed by atoms with Crippen LogP contribution in [0.5, 0.6) is 5.75 Å². The minimum absolute atomic E-state index is 0.0128. The molecule has 0 amide bonds. The Morgan fingerprint density at radius 2 is 2.17 bits per heavy atom. The molecule has 1 saturated heterocycles. The number of aromatic hydroxyl groups is 1. The summed E-state index contributed by atoms with van der Waals surface area (Å²) in [6, 6.07) is 5.98. The first-order chi connectivity index (χ1) is 8.55. The summed E-state index contributed by atoms with van der Waals surface area (Å²) < 4.78 is 26.6. The van der Waals surface area contributed by atoms with Crippen molar-refractivity contribution in [3.8, 4) is 5.75 Å². The predicted octanol–water partition coefficient (Wildman–Crippen LogP) is 2.35. The number of rotatable bonds is 3. The van der Waals surface area contributed by atoms with Crippen molar-refractivity contribution >= 4 is 10.0 Å². The summed E-state index contributed by atoms with van der Waals surface area (Å²) in [5, 5.41) is 9.41. The minimum atomic E-state index is -3.47. The summed E-state index contributed by atoms with van der Waals surface area (Å²) in [4.78, 5) is 0.183. The van der Waals surface area contributed by atoms with Crippen molar-refractivity contribution in [1.82, 2.24) is 4.31 Å². The van der Waals surface area contributed by atoms with E-state index >= 15 is 0 Å². The first-order valence-electron chi connectivity index (χ1n) is 6.36. The fraction of sp³-hybridized carbons (Fsp3) is 0.538. The highest BCUT2D eigenvalue weighted by Crippen LogP contribution is 2.28. The van der Waals surface area contributed by atoms with Crippen LogP contribution in [0.3, 0.4) is 0 Å². The summed E-state index contributed by atoms with van der Waals surface area (Å²) >= 11 is 0. The Morgan fingerprint density at radius 1 is 1.39 bits per heavy atom. The van der Waals surface area contributed by atoms with E-state index in [-0.39, 0.29) is 16.7 Å². The Labute approximate surface area is 108 Å². The van der Waals surface area contributed by atoms with Crippen LogP contribution in [0.4, 0.5) is 0 Å². The highest BCUT2D eigenvalue weighted by atomic mass is 32.2. The van der Waals surface area contributed by atoms with Gasteiger partial charge in [0.2, 0.25) is 10.0 Å². The van der Waals surface area contributed by atoms with E-state index in [4.69, 9.17) is 0 Å². The molecule has 0 aliphatic carbocycles. The van der Waals surface area contributed by atoms with Crippen molar-refractivity contribution < 1.29 is 13.5 Å². The van der Waals surface area contributed by atoms with Crippen LogP contribution in [0.25, 0.3) is 0 Å². The molecule has 5 heteroatoms. The Balaban J connectivity index is 2.35. The third-order valence-electron chi connectivity index (χ3n) is 3.47. The van der Waals surface area contributed by atoms with Crippen molar-refractivity contribution in [2.75, 3.05) is 6.54 Å². The lowest BCUT2D eigenvalue weighted by Crippen LogP contribution is -2.43. The largest absolute Gasteiger partial charge is 0.508 e. The molecule has 1 aliphatic rings. The molecule has 2 rings (SSSR count). The number of hydrogen-bond donors (Lipinski definition) is 1. The molecule has 1 aromatic rings. The number of phenols is 1. The number of sulfonamides is 1. The summed E-state index contributed by atoms with van der Waals surface area (Å²) in [5.74, 6) is -0.0128. The molecular formula is C13H19NO3S. The normalized spacial score (nSPS) is 21.9. The second-order valence-electron chi connectivity index (χ2n) is 4.67. The molecule has 1 atom stereocenters. The molecule has 0 radical (unpaired) electrons. The van der Waals surface area contributed by atoms with Gasteiger partial charge in [-0.1, -0.05) is 19.4 Å². The maximum Gasteiger partial charge on any atom is 0.243 e. The van der Waals surface area contributed by atoms with Crippen LogP contribution in [-0.4, -0.2) is 30.4 Å². The van der Waals surface area contributed by atoms with E-state index in [0.29, 0.717) is 6.54 Å². The average molecular weight is 269 g/mol. The first-order valence-corrected chi connectivity index (χ1v) is 7.80. The molecule has 0 aromatic heterocycles. The molecular weight excluding hydrogens is 250 g/mol. The van der Waals surface area contributed by atoms with E-state index in [9.17, 15) is 13.5 Å². The number of benzene rings is 1. The maximum atomic E-state index is 12.5. The molecule has 1 aliphatic heterocycles. The van der Waals surface area contributed by atoms with Gasteiger partial charge in [-0.05, 0) is 37.5 Å². The second-order valence-corrected chi connectivity index (χ2v) is 6.56. The quantitative estimate of drug-likeness (QED) is 0.916. The molecule has 4 nitrogen and oxygen atoms in total. The van der Waals surface area contributed by atoms with Gasteiger partial charge in [0.05, 0.1) is 4.90 Å². The lowest BCUT2D eigenvalue weighted by molar-refractivity contribution is 0.246. The van der Waals surface area contributed by atoms with Crippen LogP contribution in [0.1, 0.15) is 32.6 Å². The molecule has 1 N–H and O–H groups in total. The average Bonchev–Trinajstić information content (AvgIpc) is 2.38. The highest BCUT2D eigenvalue weighted by molar-refractivity contribution is 7.89. The van der Waals surface area contributed by atoms with Crippen LogP contribution in [0.15, 0.2) is 29.2 Å². The van der Waals surface area contributed by atoms with Crippen LogP contribution in [0, 0.1) is 0 Å². The lowest BCUT2D eigenvalue weighted by atomic mass is 10.0. The molecule has 1 aromatic carbocycles. The van der Waals surface area contributed by atoms with Crippen LogP contribution < -0.4 is 0 Å². The number of nitrogens with zero attached hydrogens (tertiary/aromatic N) is 1. The van der Waals surface area contributed by atoms with Gasteiger partial charge >= 0.3 is 0 Å². The van der Waals surface area contributed by atoms with Crippen molar-refractivity contribution in [1.29, 1.82) is 0 Å². The molecule has 18 heavy (non-hydrogen) atoms. The van der Waals surface area contributed by atoms with E-state index in [0.717, 1.165) is 25.7 Å². The van der Waals surface area contributed by atoms with Crippen LogP contribution in [-0.2, 0) is 10.0 Å². The number of hydrogen-bond acceptors (Lipinski definition) is 3. The molecule has 0 saturated carbocycles. The Bertz CT molecular complexity index is 513. The van der Waals surface area contributed by atoms with Gasteiger partial charge in [-0.3, -0.25) is 0 Å². The van der Waals surface area contributed by atoms with Crippen LogP contribution in [0.2, 0.25) is 0 Å². The van der Waals surface area contributed by atoms with Gasteiger partial charge in [0.15, 0.2) is 0 Å². The third-order valence-corrected chi connectivity index (χ3v) is 5.42. The smallest absolute Gasteiger partial charge is 0.243 e. The van der Waals surface area contributed by atoms with Crippen molar-refractivity contribution in [2.45, 2.75) is 43.5 Å². The van der Waals surface area contributed by atoms with Gasteiger partial charge in [0, 0.05) is 12.6 Å². The highest BCUT2D eigenvalue weighted by Gasteiger charge is 2.32. The summed E-state index contributed by atoms with van der Waals surface area (Å²) in [6.45, 7) is 2.59. The molecule has 1 fully saturated rings. The molecule has 1 unspecified atom stereocenters.